The van der Waals surface area contributed by atoms with Gasteiger partial charge >= 0.3 is 0 Å². The zero-order chi connectivity index (χ0) is 14.1. The van der Waals surface area contributed by atoms with Gasteiger partial charge in [-0.2, -0.15) is 0 Å². The highest BCUT2D eigenvalue weighted by molar-refractivity contribution is 5.30. The van der Waals surface area contributed by atoms with Crippen LogP contribution >= 0.6 is 0 Å². The molecular weight excluding hydrogens is 251 g/mol. The van der Waals surface area contributed by atoms with Gasteiger partial charge in [-0.05, 0) is 60.4 Å². The third-order valence-corrected chi connectivity index (χ3v) is 4.30. The molecule has 0 saturated heterocycles. The maximum absolute atomic E-state index is 13.3. The Bertz CT molecular complexity index is 594. The third kappa shape index (κ3) is 2.75. The SMILES string of the molecule is Cc1ccc(F)cc1CC(O)C1CC1c1ccccc1. The summed E-state index contributed by atoms with van der Waals surface area (Å²) in [5.41, 5.74) is 3.26. The lowest BCUT2D eigenvalue weighted by molar-refractivity contribution is 0.149. The molecule has 0 aliphatic heterocycles. The molecule has 2 aromatic carbocycles. The van der Waals surface area contributed by atoms with Crippen LogP contribution in [0.5, 0.6) is 0 Å². The number of hydrogen-bond donors (Lipinski definition) is 1. The molecule has 3 unspecified atom stereocenters. The van der Waals surface area contributed by atoms with E-state index in [0.29, 0.717) is 18.3 Å². The van der Waals surface area contributed by atoms with Crippen molar-refractivity contribution in [1.82, 2.24) is 0 Å². The van der Waals surface area contributed by atoms with E-state index in [0.717, 1.165) is 17.5 Å². The number of aliphatic hydroxyl groups is 1. The molecule has 1 aliphatic rings. The first-order valence-corrected chi connectivity index (χ1v) is 7.13. The molecule has 1 saturated carbocycles. The van der Waals surface area contributed by atoms with E-state index in [2.05, 4.69) is 12.1 Å². The highest BCUT2D eigenvalue weighted by Crippen LogP contribution is 2.50. The van der Waals surface area contributed by atoms with Gasteiger partial charge in [-0.1, -0.05) is 36.4 Å². The molecule has 0 bridgehead atoms. The van der Waals surface area contributed by atoms with Gasteiger partial charge in [0.15, 0.2) is 0 Å². The Hall–Kier alpha value is -1.67. The van der Waals surface area contributed by atoms with E-state index in [-0.39, 0.29) is 11.9 Å². The molecule has 0 amide bonds. The molecule has 1 N–H and O–H groups in total. The van der Waals surface area contributed by atoms with Crippen LogP contribution in [0.2, 0.25) is 0 Å². The minimum absolute atomic E-state index is 0.229. The van der Waals surface area contributed by atoms with Gasteiger partial charge in [-0.15, -0.1) is 0 Å². The molecule has 0 heterocycles. The van der Waals surface area contributed by atoms with Gasteiger partial charge in [0.25, 0.3) is 0 Å². The third-order valence-electron chi connectivity index (χ3n) is 4.30. The summed E-state index contributed by atoms with van der Waals surface area (Å²) in [4.78, 5) is 0. The van der Waals surface area contributed by atoms with E-state index in [1.807, 2.05) is 25.1 Å². The van der Waals surface area contributed by atoms with Crippen LogP contribution in [0.1, 0.15) is 29.0 Å². The van der Waals surface area contributed by atoms with Crippen LogP contribution < -0.4 is 0 Å². The monoisotopic (exact) mass is 270 g/mol. The Morgan fingerprint density at radius 2 is 1.95 bits per heavy atom. The van der Waals surface area contributed by atoms with Gasteiger partial charge in [0.1, 0.15) is 5.82 Å². The number of halogens is 1. The van der Waals surface area contributed by atoms with Crippen molar-refractivity contribution in [3.8, 4) is 0 Å². The molecule has 104 valence electrons. The summed E-state index contributed by atoms with van der Waals surface area (Å²) in [6, 6.07) is 15.1. The fourth-order valence-corrected chi connectivity index (χ4v) is 2.96. The molecule has 20 heavy (non-hydrogen) atoms. The highest BCUT2D eigenvalue weighted by Gasteiger charge is 2.43. The van der Waals surface area contributed by atoms with Crippen molar-refractivity contribution in [1.29, 1.82) is 0 Å². The average Bonchev–Trinajstić information content (AvgIpc) is 3.24. The average molecular weight is 270 g/mol. The Labute approximate surface area is 119 Å². The first kappa shape index (κ1) is 13.3. The lowest BCUT2D eigenvalue weighted by Crippen LogP contribution is -2.15. The largest absolute Gasteiger partial charge is 0.392 e. The molecular formula is C18H19FO. The van der Waals surface area contributed by atoms with Crippen molar-refractivity contribution < 1.29 is 9.50 Å². The molecule has 3 atom stereocenters. The molecule has 1 nitrogen and oxygen atoms in total. The van der Waals surface area contributed by atoms with E-state index in [1.54, 1.807) is 12.1 Å². The van der Waals surface area contributed by atoms with E-state index >= 15 is 0 Å². The number of benzene rings is 2. The number of hydrogen-bond acceptors (Lipinski definition) is 1. The predicted molar refractivity (Wildman–Crippen MR) is 78.1 cm³/mol. The molecule has 3 rings (SSSR count). The number of aryl methyl sites for hydroxylation is 1. The van der Waals surface area contributed by atoms with Crippen molar-refractivity contribution in [2.24, 2.45) is 5.92 Å². The summed E-state index contributed by atoms with van der Waals surface area (Å²) in [7, 11) is 0. The minimum atomic E-state index is -0.388. The first-order chi connectivity index (χ1) is 9.65. The van der Waals surface area contributed by atoms with Crippen molar-refractivity contribution in [3.63, 3.8) is 0 Å². The van der Waals surface area contributed by atoms with Crippen LogP contribution in [0.3, 0.4) is 0 Å². The molecule has 2 heteroatoms. The van der Waals surface area contributed by atoms with E-state index in [4.69, 9.17) is 0 Å². The molecule has 2 aromatic rings. The van der Waals surface area contributed by atoms with Gasteiger partial charge in [0.2, 0.25) is 0 Å². The van der Waals surface area contributed by atoms with Crippen LogP contribution in [-0.2, 0) is 6.42 Å². The number of rotatable bonds is 4. The first-order valence-electron chi connectivity index (χ1n) is 7.13. The molecule has 0 radical (unpaired) electrons. The second-order valence-electron chi connectivity index (χ2n) is 5.76. The summed E-state index contributed by atoms with van der Waals surface area (Å²) in [5.74, 6) is 0.535. The zero-order valence-corrected chi connectivity index (χ0v) is 11.6. The summed E-state index contributed by atoms with van der Waals surface area (Å²) in [6.07, 6.45) is 1.18. The summed E-state index contributed by atoms with van der Waals surface area (Å²) in [5, 5.41) is 10.4. The van der Waals surface area contributed by atoms with Gasteiger partial charge in [-0.3, -0.25) is 0 Å². The summed E-state index contributed by atoms with van der Waals surface area (Å²) >= 11 is 0. The molecule has 0 spiro atoms. The fraction of sp³-hybridized carbons (Fsp3) is 0.333. The number of aliphatic hydroxyl groups excluding tert-OH is 1. The van der Waals surface area contributed by atoms with Crippen molar-refractivity contribution in [2.45, 2.75) is 31.8 Å². The Kier molecular flexibility index (Phi) is 3.58. The van der Waals surface area contributed by atoms with Gasteiger partial charge in [0.05, 0.1) is 6.10 Å². The fourth-order valence-electron chi connectivity index (χ4n) is 2.96. The Morgan fingerprint density at radius 1 is 1.20 bits per heavy atom. The summed E-state index contributed by atoms with van der Waals surface area (Å²) in [6.45, 7) is 1.96. The normalized spacial score (nSPS) is 22.6. The van der Waals surface area contributed by atoms with Crippen molar-refractivity contribution >= 4 is 0 Å². The van der Waals surface area contributed by atoms with E-state index in [9.17, 15) is 9.50 Å². The van der Waals surface area contributed by atoms with Gasteiger partial charge < -0.3 is 5.11 Å². The maximum atomic E-state index is 13.3. The van der Waals surface area contributed by atoms with Crippen LogP contribution in [0, 0.1) is 18.7 Å². The molecule has 1 fully saturated rings. The quantitative estimate of drug-likeness (QED) is 0.895. The molecule has 0 aromatic heterocycles. The zero-order valence-electron chi connectivity index (χ0n) is 11.6. The van der Waals surface area contributed by atoms with Crippen LogP contribution in [0.4, 0.5) is 4.39 Å². The smallest absolute Gasteiger partial charge is 0.123 e. The van der Waals surface area contributed by atoms with Gasteiger partial charge in [0, 0.05) is 0 Å². The Balaban J connectivity index is 1.67. The topological polar surface area (TPSA) is 20.2 Å². The highest BCUT2D eigenvalue weighted by atomic mass is 19.1. The van der Waals surface area contributed by atoms with Gasteiger partial charge in [-0.25, -0.2) is 4.39 Å². The van der Waals surface area contributed by atoms with Crippen LogP contribution in [0.15, 0.2) is 48.5 Å². The Morgan fingerprint density at radius 3 is 2.70 bits per heavy atom. The van der Waals surface area contributed by atoms with E-state index in [1.165, 1.54) is 11.6 Å². The summed E-state index contributed by atoms with van der Waals surface area (Å²) < 4.78 is 13.3. The van der Waals surface area contributed by atoms with E-state index < -0.39 is 0 Å². The second kappa shape index (κ2) is 5.37. The maximum Gasteiger partial charge on any atom is 0.123 e. The van der Waals surface area contributed by atoms with Crippen LogP contribution in [0.25, 0.3) is 0 Å². The lowest BCUT2D eigenvalue weighted by Gasteiger charge is -2.13. The second-order valence-corrected chi connectivity index (χ2v) is 5.76. The standard InChI is InChI=1S/C18H19FO/c1-12-7-8-15(19)9-14(12)10-18(20)17-11-16(17)13-5-3-2-4-6-13/h2-9,16-18,20H,10-11H2,1H3. The van der Waals surface area contributed by atoms with Crippen molar-refractivity contribution in [3.05, 3.63) is 71.0 Å². The molecule has 1 aliphatic carbocycles. The minimum Gasteiger partial charge on any atom is -0.392 e. The predicted octanol–water partition coefficient (Wildman–Crippen LogP) is 3.84. The lowest BCUT2D eigenvalue weighted by atomic mass is 9.98. The van der Waals surface area contributed by atoms with Crippen molar-refractivity contribution in [2.75, 3.05) is 0 Å². The van der Waals surface area contributed by atoms with Crippen LogP contribution in [-0.4, -0.2) is 11.2 Å².